The predicted octanol–water partition coefficient (Wildman–Crippen LogP) is 4.01. The van der Waals surface area contributed by atoms with E-state index in [4.69, 9.17) is 9.47 Å². The molecule has 8 heteroatoms. The molecule has 2 aliphatic heterocycles. The fourth-order valence-electron chi connectivity index (χ4n) is 3.72. The van der Waals surface area contributed by atoms with Gasteiger partial charge in [0.25, 0.3) is 0 Å². The Morgan fingerprint density at radius 2 is 2.24 bits per heavy atom. The molecule has 29 heavy (non-hydrogen) atoms. The Kier molecular flexibility index (Phi) is 7.65. The highest BCUT2D eigenvalue weighted by Crippen LogP contribution is 2.34. The molecule has 4 rings (SSSR count). The van der Waals surface area contributed by atoms with E-state index in [9.17, 15) is 4.39 Å². The van der Waals surface area contributed by atoms with Crippen molar-refractivity contribution >= 4 is 29.9 Å². The summed E-state index contributed by atoms with van der Waals surface area (Å²) in [6.45, 7) is 3.17. The van der Waals surface area contributed by atoms with Crippen molar-refractivity contribution in [3.05, 3.63) is 54.1 Å². The number of ether oxygens (including phenoxy) is 2. The van der Waals surface area contributed by atoms with Crippen LogP contribution in [0, 0.1) is 5.82 Å². The van der Waals surface area contributed by atoms with Crippen molar-refractivity contribution in [3.8, 4) is 11.5 Å². The fraction of sp³-hybridized carbons (Fsp3) is 0.429. The van der Waals surface area contributed by atoms with Crippen molar-refractivity contribution in [2.24, 2.45) is 4.99 Å². The van der Waals surface area contributed by atoms with E-state index in [1.807, 2.05) is 13.0 Å². The van der Waals surface area contributed by atoms with Crippen molar-refractivity contribution in [2.45, 2.75) is 51.0 Å². The van der Waals surface area contributed by atoms with Gasteiger partial charge in [-0.05, 0) is 56.0 Å². The Morgan fingerprint density at radius 3 is 2.90 bits per heavy atom. The van der Waals surface area contributed by atoms with E-state index in [0.29, 0.717) is 24.4 Å². The SMILES string of the molecule is CCNC(=NCc1ccc(Oc2cccnc2)c(F)c1)NC1CC2CCC1O2.I. The first-order valence-corrected chi connectivity index (χ1v) is 9.78. The van der Waals surface area contributed by atoms with Crippen LogP contribution in [-0.2, 0) is 11.3 Å². The number of hydrogen-bond donors (Lipinski definition) is 2. The normalized spacial score (nSPS) is 22.8. The first kappa shape index (κ1) is 21.8. The Morgan fingerprint density at radius 1 is 1.34 bits per heavy atom. The Balaban J connectivity index is 0.00000240. The second-order valence-corrected chi connectivity index (χ2v) is 7.11. The number of halogens is 2. The minimum Gasteiger partial charge on any atom is -0.453 e. The Bertz CT molecular complexity index is 837. The quantitative estimate of drug-likeness (QED) is 0.348. The monoisotopic (exact) mass is 512 g/mol. The van der Waals surface area contributed by atoms with Crippen molar-refractivity contribution in [1.29, 1.82) is 0 Å². The molecule has 3 atom stereocenters. The lowest BCUT2D eigenvalue weighted by Gasteiger charge is -2.22. The zero-order valence-electron chi connectivity index (χ0n) is 16.3. The molecular formula is C21H26FIN4O2. The zero-order chi connectivity index (χ0) is 19.3. The summed E-state index contributed by atoms with van der Waals surface area (Å²) >= 11 is 0. The van der Waals surface area contributed by atoms with Crippen LogP contribution in [0.3, 0.4) is 0 Å². The minimum atomic E-state index is -0.420. The molecule has 156 valence electrons. The molecule has 1 aromatic heterocycles. The van der Waals surface area contributed by atoms with E-state index in [-0.39, 0.29) is 35.8 Å². The summed E-state index contributed by atoms with van der Waals surface area (Å²) in [6.07, 6.45) is 7.12. The third-order valence-corrected chi connectivity index (χ3v) is 5.05. The van der Waals surface area contributed by atoms with Gasteiger partial charge >= 0.3 is 0 Å². The lowest BCUT2D eigenvalue weighted by molar-refractivity contribution is 0.0992. The van der Waals surface area contributed by atoms with Crippen LogP contribution >= 0.6 is 24.0 Å². The van der Waals surface area contributed by atoms with Crippen LogP contribution in [0.15, 0.2) is 47.7 Å². The molecule has 3 unspecified atom stereocenters. The largest absolute Gasteiger partial charge is 0.453 e. The number of benzene rings is 1. The summed E-state index contributed by atoms with van der Waals surface area (Å²) in [5, 5.41) is 6.72. The lowest BCUT2D eigenvalue weighted by Crippen LogP contribution is -2.47. The number of fused-ring (bicyclic) bond motifs is 2. The van der Waals surface area contributed by atoms with Crippen LogP contribution in [0.1, 0.15) is 31.7 Å². The molecule has 0 saturated carbocycles. The van der Waals surface area contributed by atoms with Gasteiger partial charge in [0.05, 0.1) is 31.0 Å². The lowest BCUT2D eigenvalue weighted by atomic mass is 9.96. The predicted molar refractivity (Wildman–Crippen MR) is 120 cm³/mol. The zero-order valence-corrected chi connectivity index (χ0v) is 18.6. The summed E-state index contributed by atoms with van der Waals surface area (Å²) in [6, 6.07) is 8.67. The molecule has 1 aromatic carbocycles. The number of aromatic nitrogens is 1. The molecule has 2 N–H and O–H groups in total. The molecule has 2 aliphatic rings. The van der Waals surface area contributed by atoms with Gasteiger partial charge in [-0.1, -0.05) is 6.07 Å². The summed E-state index contributed by atoms with van der Waals surface area (Å²) < 4.78 is 25.8. The number of rotatable bonds is 6. The van der Waals surface area contributed by atoms with Crippen molar-refractivity contribution in [2.75, 3.05) is 6.54 Å². The van der Waals surface area contributed by atoms with Gasteiger partial charge < -0.3 is 20.1 Å². The molecule has 2 bridgehead atoms. The van der Waals surface area contributed by atoms with Gasteiger partial charge in [-0.3, -0.25) is 4.98 Å². The number of nitrogens with zero attached hydrogens (tertiary/aromatic N) is 2. The Hall–Kier alpha value is -1.94. The summed E-state index contributed by atoms with van der Waals surface area (Å²) in [5.41, 5.74) is 0.775. The first-order valence-electron chi connectivity index (χ1n) is 9.78. The summed E-state index contributed by atoms with van der Waals surface area (Å²) in [7, 11) is 0. The third kappa shape index (κ3) is 5.57. The van der Waals surface area contributed by atoms with Crippen LogP contribution in [0.5, 0.6) is 11.5 Å². The van der Waals surface area contributed by atoms with Gasteiger partial charge in [-0.2, -0.15) is 0 Å². The topological polar surface area (TPSA) is 67.8 Å². The van der Waals surface area contributed by atoms with Crippen LogP contribution in [0.25, 0.3) is 0 Å². The van der Waals surface area contributed by atoms with Gasteiger partial charge in [0.2, 0.25) is 0 Å². The van der Waals surface area contributed by atoms with E-state index >= 15 is 0 Å². The number of pyridine rings is 1. The molecule has 6 nitrogen and oxygen atoms in total. The van der Waals surface area contributed by atoms with E-state index in [1.54, 1.807) is 30.6 Å². The van der Waals surface area contributed by atoms with E-state index in [2.05, 4.69) is 20.6 Å². The Labute approximate surface area is 187 Å². The molecule has 2 saturated heterocycles. The summed E-state index contributed by atoms with van der Waals surface area (Å²) in [5.74, 6) is 0.986. The summed E-state index contributed by atoms with van der Waals surface area (Å²) in [4.78, 5) is 8.57. The number of guanidine groups is 1. The number of hydrogen-bond acceptors (Lipinski definition) is 4. The van der Waals surface area contributed by atoms with E-state index < -0.39 is 5.82 Å². The fourth-order valence-corrected chi connectivity index (χ4v) is 3.72. The molecule has 0 amide bonds. The number of nitrogens with one attached hydrogen (secondary N) is 2. The third-order valence-electron chi connectivity index (χ3n) is 5.05. The van der Waals surface area contributed by atoms with Crippen LogP contribution in [0.2, 0.25) is 0 Å². The molecule has 3 heterocycles. The minimum absolute atomic E-state index is 0. The molecule has 0 spiro atoms. The van der Waals surface area contributed by atoms with Crippen LogP contribution in [-0.4, -0.2) is 35.7 Å². The second-order valence-electron chi connectivity index (χ2n) is 7.11. The van der Waals surface area contributed by atoms with E-state index in [1.165, 1.54) is 6.07 Å². The highest BCUT2D eigenvalue weighted by Gasteiger charge is 2.41. The average Bonchev–Trinajstić information content (AvgIpc) is 3.32. The molecule has 2 aromatic rings. The van der Waals surface area contributed by atoms with Crippen molar-refractivity contribution in [3.63, 3.8) is 0 Å². The molecule has 0 aliphatic carbocycles. The highest BCUT2D eigenvalue weighted by atomic mass is 127. The maximum absolute atomic E-state index is 14.4. The van der Waals surface area contributed by atoms with Crippen molar-refractivity contribution in [1.82, 2.24) is 15.6 Å². The first-order chi connectivity index (χ1) is 13.7. The smallest absolute Gasteiger partial charge is 0.191 e. The van der Waals surface area contributed by atoms with Crippen molar-refractivity contribution < 1.29 is 13.9 Å². The molecule has 2 fully saturated rings. The average molecular weight is 512 g/mol. The highest BCUT2D eigenvalue weighted by molar-refractivity contribution is 14.0. The van der Waals surface area contributed by atoms with Crippen LogP contribution < -0.4 is 15.4 Å². The van der Waals surface area contributed by atoms with Crippen LogP contribution in [0.4, 0.5) is 4.39 Å². The molecular weight excluding hydrogens is 486 g/mol. The molecule has 0 radical (unpaired) electrons. The van der Waals surface area contributed by atoms with Gasteiger partial charge in [-0.15, -0.1) is 24.0 Å². The maximum Gasteiger partial charge on any atom is 0.191 e. The van der Waals surface area contributed by atoms with E-state index in [0.717, 1.165) is 37.3 Å². The maximum atomic E-state index is 14.4. The number of aliphatic imine (C=N–C) groups is 1. The van der Waals surface area contributed by atoms with Gasteiger partial charge in [0.15, 0.2) is 17.5 Å². The van der Waals surface area contributed by atoms with Gasteiger partial charge in [0, 0.05) is 12.7 Å². The standard InChI is InChI=1S/C21H25FN4O2.HI/c1-2-24-21(26-18-11-15-6-8-20(18)27-15)25-12-14-5-7-19(17(22)10-14)28-16-4-3-9-23-13-16;/h3-5,7,9-10,13,15,18,20H,2,6,8,11-12H2,1H3,(H2,24,25,26);1H. The van der Waals surface area contributed by atoms with Gasteiger partial charge in [-0.25, -0.2) is 9.38 Å². The van der Waals surface area contributed by atoms with Gasteiger partial charge in [0.1, 0.15) is 5.75 Å². The second kappa shape index (κ2) is 10.2.